The average molecular weight is 278 g/mol. The highest BCUT2D eigenvalue weighted by atomic mass is 16.6. The number of nitrogens with zero attached hydrogens (tertiary/aromatic N) is 3. The van der Waals surface area contributed by atoms with Gasteiger partial charge in [0.2, 0.25) is 11.7 Å². The molecule has 1 aromatic carbocycles. The molecule has 8 nitrogen and oxygen atoms in total. The molecule has 2 rings (SSSR count). The number of non-ortho nitro benzene ring substituents is 1. The molecule has 1 aromatic heterocycles. The van der Waals surface area contributed by atoms with E-state index in [0.717, 1.165) is 0 Å². The summed E-state index contributed by atoms with van der Waals surface area (Å²) >= 11 is 0. The van der Waals surface area contributed by atoms with Crippen LogP contribution in [0.4, 0.5) is 5.69 Å². The van der Waals surface area contributed by atoms with Gasteiger partial charge in [-0.05, 0) is 18.6 Å². The van der Waals surface area contributed by atoms with Crippen LogP contribution >= 0.6 is 0 Å². The van der Waals surface area contributed by atoms with Gasteiger partial charge in [0, 0.05) is 31.4 Å². The van der Waals surface area contributed by atoms with Gasteiger partial charge < -0.3 is 15.0 Å². The minimum absolute atomic E-state index is 0.00858. The molecule has 1 heterocycles. The Morgan fingerprint density at radius 3 is 2.75 bits per heavy atom. The van der Waals surface area contributed by atoms with E-state index in [1.54, 1.807) is 19.2 Å². The van der Waals surface area contributed by atoms with E-state index >= 15 is 0 Å². The Morgan fingerprint density at radius 1 is 1.45 bits per heavy atom. The second-order valence-electron chi connectivity index (χ2n) is 4.15. The first-order valence-electron chi connectivity index (χ1n) is 5.94. The number of hydrogen-bond donors (Lipinski definition) is 1. The molecule has 0 aliphatic rings. The maximum Gasteiger partial charge on any atom is 0.269 e. The van der Waals surface area contributed by atoms with Crippen molar-refractivity contribution in [1.82, 2.24) is 10.1 Å². The maximum atomic E-state index is 10.6. The van der Waals surface area contributed by atoms with Crippen LogP contribution < -0.4 is 5.73 Å². The Bertz CT molecular complexity index is 581. The van der Waals surface area contributed by atoms with Crippen molar-refractivity contribution in [2.24, 2.45) is 5.73 Å². The Balaban J connectivity index is 2.13. The van der Waals surface area contributed by atoms with Crippen LogP contribution in [0.25, 0.3) is 11.4 Å². The van der Waals surface area contributed by atoms with E-state index in [0.29, 0.717) is 30.3 Å². The quantitative estimate of drug-likeness (QED) is 0.630. The van der Waals surface area contributed by atoms with E-state index in [1.165, 1.54) is 12.1 Å². The summed E-state index contributed by atoms with van der Waals surface area (Å²) in [5, 5.41) is 14.4. The van der Waals surface area contributed by atoms with Crippen molar-refractivity contribution in [3.8, 4) is 11.4 Å². The number of nitro benzene ring substituents is 1. The van der Waals surface area contributed by atoms with Crippen LogP contribution in [0, 0.1) is 10.1 Å². The topological polar surface area (TPSA) is 117 Å². The fourth-order valence-corrected chi connectivity index (χ4v) is 1.60. The zero-order valence-corrected chi connectivity index (χ0v) is 10.9. The summed E-state index contributed by atoms with van der Waals surface area (Å²) in [6.07, 6.45) is 0.568. The van der Waals surface area contributed by atoms with Crippen LogP contribution in [0.1, 0.15) is 18.4 Å². The lowest BCUT2D eigenvalue weighted by molar-refractivity contribution is -0.384. The fourth-order valence-electron chi connectivity index (χ4n) is 1.60. The molecular formula is C12H14N4O4. The van der Waals surface area contributed by atoms with Gasteiger partial charge in [0.25, 0.3) is 5.69 Å². The second-order valence-corrected chi connectivity index (χ2v) is 4.15. The molecule has 0 aliphatic carbocycles. The largest absolute Gasteiger partial charge is 0.385 e. The number of aromatic nitrogens is 2. The first-order chi connectivity index (χ1) is 9.61. The molecule has 1 atom stereocenters. The van der Waals surface area contributed by atoms with Crippen LogP contribution in [0.5, 0.6) is 0 Å². The minimum atomic E-state index is -0.466. The van der Waals surface area contributed by atoms with Crippen LogP contribution in [-0.4, -0.2) is 28.8 Å². The lowest BCUT2D eigenvalue weighted by Gasteiger charge is -2.04. The van der Waals surface area contributed by atoms with Gasteiger partial charge in [-0.3, -0.25) is 10.1 Å². The molecular weight excluding hydrogens is 264 g/mol. The van der Waals surface area contributed by atoms with Crippen molar-refractivity contribution in [2.45, 2.75) is 12.5 Å². The molecule has 8 heteroatoms. The molecule has 0 fully saturated rings. The summed E-state index contributed by atoms with van der Waals surface area (Å²) < 4.78 is 10.0. The summed E-state index contributed by atoms with van der Waals surface area (Å²) in [6.45, 7) is 0.496. The summed E-state index contributed by atoms with van der Waals surface area (Å²) in [5.74, 6) is 0.665. The van der Waals surface area contributed by atoms with E-state index in [-0.39, 0.29) is 5.69 Å². The van der Waals surface area contributed by atoms with Crippen LogP contribution in [-0.2, 0) is 4.74 Å². The van der Waals surface area contributed by atoms with Crippen LogP contribution in [0.15, 0.2) is 28.8 Å². The van der Waals surface area contributed by atoms with E-state index in [4.69, 9.17) is 15.0 Å². The van der Waals surface area contributed by atoms with Gasteiger partial charge in [-0.25, -0.2) is 0 Å². The van der Waals surface area contributed by atoms with Gasteiger partial charge in [0.05, 0.1) is 11.0 Å². The Kier molecular flexibility index (Phi) is 4.38. The third-order valence-corrected chi connectivity index (χ3v) is 2.73. The van der Waals surface area contributed by atoms with E-state index in [9.17, 15) is 10.1 Å². The molecule has 0 radical (unpaired) electrons. The van der Waals surface area contributed by atoms with Crippen molar-refractivity contribution in [1.29, 1.82) is 0 Å². The average Bonchev–Trinajstić information content (AvgIpc) is 2.94. The number of hydrogen-bond acceptors (Lipinski definition) is 7. The Hall–Kier alpha value is -2.32. The van der Waals surface area contributed by atoms with E-state index in [2.05, 4.69) is 10.1 Å². The van der Waals surface area contributed by atoms with Crippen molar-refractivity contribution in [3.05, 3.63) is 40.3 Å². The first kappa shape index (κ1) is 14.1. The molecule has 0 bridgehead atoms. The van der Waals surface area contributed by atoms with Crippen molar-refractivity contribution in [3.63, 3.8) is 0 Å². The minimum Gasteiger partial charge on any atom is -0.385 e. The molecule has 2 N–H and O–H groups in total. The molecule has 0 spiro atoms. The molecule has 0 saturated carbocycles. The van der Waals surface area contributed by atoms with Crippen molar-refractivity contribution in [2.75, 3.05) is 13.7 Å². The van der Waals surface area contributed by atoms with Gasteiger partial charge in [-0.15, -0.1) is 0 Å². The molecule has 0 amide bonds. The van der Waals surface area contributed by atoms with Gasteiger partial charge in [0.1, 0.15) is 0 Å². The number of ether oxygens (including phenoxy) is 1. The summed E-state index contributed by atoms with van der Waals surface area (Å²) in [5.41, 5.74) is 6.51. The number of benzene rings is 1. The third-order valence-electron chi connectivity index (χ3n) is 2.73. The molecule has 20 heavy (non-hydrogen) atoms. The number of nitrogens with two attached hydrogens (primary N) is 1. The zero-order chi connectivity index (χ0) is 14.5. The number of methoxy groups -OCH3 is 1. The van der Waals surface area contributed by atoms with Gasteiger partial charge in [0.15, 0.2) is 0 Å². The normalized spacial score (nSPS) is 12.3. The maximum absolute atomic E-state index is 10.6. The number of nitro groups is 1. The highest BCUT2D eigenvalue weighted by Gasteiger charge is 2.16. The van der Waals surface area contributed by atoms with Crippen molar-refractivity contribution >= 4 is 5.69 Å². The summed E-state index contributed by atoms with van der Waals surface area (Å²) in [4.78, 5) is 14.3. The van der Waals surface area contributed by atoms with Gasteiger partial charge >= 0.3 is 0 Å². The van der Waals surface area contributed by atoms with E-state index in [1.807, 2.05) is 0 Å². The second kappa shape index (κ2) is 6.22. The summed E-state index contributed by atoms with van der Waals surface area (Å²) in [6, 6.07) is 5.50. The Labute approximate surface area is 114 Å². The fraction of sp³-hybridized carbons (Fsp3) is 0.333. The van der Waals surface area contributed by atoms with Crippen LogP contribution in [0.2, 0.25) is 0 Å². The van der Waals surface area contributed by atoms with Crippen LogP contribution in [0.3, 0.4) is 0 Å². The molecule has 0 aliphatic heterocycles. The monoisotopic (exact) mass is 278 g/mol. The lowest BCUT2D eigenvalue weighted by atomic mass is 10.2. The summed E-state index contributed by atoms with van der Waals surface area (Å²) in [7, 11) is 1.59. The predicted octanol–water partition coefficient (Wildman–Crippen LogP) is 1.68. The highest BCUT2D eigenvalue weighted by molar-refractivity contribution is 5.56. The van der Waals surface area contributed by atoms with Crippen molar-refractivity contribution < 1.29 is 14.2 Å². The highest BCUT2D eigenvalue weighted by Crippen LogP contribution is 2.21. The van der Waals surface area contributed by atoms with Gasteiger partial charge in [-0.2, -0.15) is 4.98 Å². The smallest absolute Gasteiger partial charge is 0.269 e. The lowest BCUT2D eigenvalue weighted by Crippen LogP contribution is -2.12. The first-order valence-corrected chi connectivity index (χ1v) is 5.94. The Morgan fingerprint density at radius 2 is 2.15 bits per heavy atom. The predicted molar refractivity (Wildman–Crippen MR) is 69.8 cm³/mol. The SMILES string of the molecule is COCCC(N)c1nc(-c2ccc([N+](=O)[O-])cc2)no1. The molecule has 0 saturated heterocycles. The zero-order valence-electron chi connectivity index (χ0n) is 10.9. The van der Waals surface area contributed by atoms with Gasteiger partial charge in [-0.1, -0.05) is 5.16 Å². The molecule has 1 unspecified atom stereocenters. The number of rotatable bonds is 6. The van der Waals surface area contributed by atoms with E-state index < -0.39 is 11.0 Å². The molecule has 106 valence electrons. The standard InChI is InChI=1S/C12H14N4O4/c1-19-7-6-10(13)12-14-11(15-20-12)8-2-4-9(5-3-8)16(17)18/h2-5,10H,6-7,13H2,1H3. The third kappa shape index (κ3) is 3.16. The molecule has 2 aromatic rings.